The number of carbonyl (C=O) groups is 6. The van der Waals surface area contributed by atoms with Gasteiger partial charge in [-0.3, -0.25) is 38.5 Å². The Morgan fingerprint density at radius 2 is 1.37 bits per heavy atom. The van der Waals surface area contributed by atoms with Gasteiger partial charge in [-0.1, -0.05) is 35.7 Å². The number of aliphatic carboxylic acids is 1. The van der Waals surface area contributed by atoms with Crippen LogP contribution in [0.5, 0.6) is 0 Å². The lowest BCUT2D eigenvalue weighted by molar-refractivity contribution is -0.310. The number of amides is 5. The number of carboxylic acids is 1. The van der Waals surface area contributed by atoms with E-state index in [1.807, 2.05) is 0 Å². The molecule has 6 atom stereocenters. The number of aliphatic hydroxyl groups excluding tert-OH is 4. The number of benzene rings is 1. The molecule has 5 amide bonds. The molecule has 1 fully saturated rings. The minimum Gasteiger partial charge on any atom is -0.477 e. The largest absolute Gasteiger partial charge is 0.477 e. The predicted octanol–water partition coefficient (Wildman–Crippen LogP) is -2.78. The van der Waals surface area contributed by atoms with Gasteiger partial charge in [0.25, 0.3) is 34.4 Å². The molecule has 0 saturated carbocycles. The van der Waals surface area contributed by atoms with Crippen LogP contribution in [0.4, 0.5) is 11.4 Å². The normalized spacial score (nSPS) is 18.6. The second-order valence-electron chi connectivity index (χ2n) is 18.8. The Kier molecular flexibility index (Phi) is 29.5. The molecule has 10 N–H and O–H groups in total. The molecule has 0 bridgehead atoms. The third-order valence-corrected chi connectivity index (χ3v) is 12.9. The highest BCUT2D eigenvalue weighted by Crippen LogP contribution is 2.34. The number of anilines is 2. The van der Waals surface area contributed by atoms with Crippen LogP contribution in [0, 0.1) is 0 Å². The highest BCUT2D eigenvalue weighted by Gasteiger charge is 2.56. The molecular formula is C52H74ClN9O21. The number of nitrogens with one attached hydrogen (secondary N) is 5. The second kappa shape index (κ2) is 36.3. The van der Waals surface area contributed by atoms with Crippen LogP contribution in [0.2, 0.25) is 5.02 Å². The highest BCUT2D eigenvalue weighted by molar-refractivity contribution is 6.31. The maximum atomic E-state index is 12.6. The molecule has 2 aromatic carbocycles. The molecule has 30 nitrogen and oxygen atoms in total. The molecule has 2 aliphatic rings. The van der Waals surface area contributed by atoms with Crippen LogP contribution in [0.15, 0.2) is 52.2 Å². The van der Waals surface area contributed by atoms with Gasteiger partial charge in [-0.25, -0.2) is 9.48 Å². The highest BCUT2D eigenvalue weighted by atomic mass is 35.5. The number of unbranched alkanes of at least 4 members (excludes halogenated alkanes) is 3. The van der Waals surface area contributed by atoms with Gasteiger partial charge in [-0.15, -0.1) is 5.10 Å². The number of nitrogens with zero attached hydrogens (tertiary/aromatic N) is 4. The Morgan fingerprint density at radius 3 is 2.04 bits per heavy atom. The first-order chi connectivity index (χ1) is 40.0. The van der Waals surface area contributed by atoms with E-state index in [2.05, 4.69) is 36.9 Å². The first-order valence-corrected chi connectivity index (χ1v) is 27.4. The second-order valence-corrected chi connectivity index (χ2v) is 19.3. The zero-order chi connectivity index (χ0) is 60.0. The number of imide groups is 1. The van der Waals surface area contributed by atoms with Crippen molar-refractivity contribution in [2.24, 2.45) is 0 Å². The molecule has 3 aromatic rings. The van der Waals surface area contributed by atoms with Crippen LogP contribution in [0.25, 0.3) is 0 Å². The minimum atomic E-state index is -2.53. The van der Waals surface area contributed by atoms with E-state index in [0.29, 0.717) is 90.7 Å². The number of carbonyl (C=O) groups excluding carboxylic acids is 5. The van der Waals surface area contributed by atoms with Crippen molar-refractivity contribution in [3.8, 4) is 0 Å². The zero-order valence-electron chi connectivity index (χ0n) is 45.7. The topological polar surface area (TPSA) is 406 Å². The molecule has 31 heteroatoms. The molecule has 1 saturated heterocycles. The van der Waals surface area contributed by atoms with Gasteiger partial charge in [0, 0.05) is 68.3 Å². The van der Waals surface area contributed by atoms with Crippen LogP contribution in [-0.2, 0) is 75.0 Å². The van der Waals surface area contributed by atoms with Crippen molar-refractivity contribution >= 4 is 58.5 Å². The summed E-state index contributed by atoms with van der Waals surface area (Å²) in [6, 6.07) is 4.41. The number of carboxylic acid groups (broad SMARTS) is 1. The van der Waals surface area contributed by atoms with Gasteiger partial charge in [0.15, 0.2) is 0 Å². The predicted molar refractivity (Wildman–Crippen MR) is 291 cm³/mol. The van der Waals surface area contributed by atoms with E-state index < -0.39 is 96.3 Å². The standard InChI is InChI=1S/C52H74ClN9O21/c53-35-7-5-6-34(28-35)50(73)57-30-38(65)46(70)49-43(58-40(67)32-63)37(64)29-52(83-49,51(74)75)82-16-4-2-1-3-11-55-44-45(48(72)47(44)71)56-13-18-77-26-27-81-33-36-31-61(60-59-36)15-19-78-21-23-80-25-24-79-22-20-76-17-10-39(66)54-12-14-62-41(68)8-9-42(62)69/h5-9,28,31,37-38,43,46,49,55-56,63-65,70H,1-4,10-27,29-30,32-33H2,(H,54,66)(H,57,73)(H,58,67)(H,74,75)/t37-,38+,43+,46+,49+,52+/m0/s1. The Labute approximate surface area is 481 Å². The van der Waals surface area contributed by atoms with Crippen molar-refractivity contribution in [3.63, 3.8) is 0 Å². The van der Waals surface area contributed by atoms with Crippen LogP contribution in [-0.4, -0.2) is 236 Å². The third kappa shape index (κ3) is 22.6. The molecule has 2 aliphatic heterocycles. The molecule has 3 heterocycles. The average Bonchev–Trinajstić information content (AvgIpc) is 3.94. The van der Waals surface area contributed by atoms with Gasteiger partial charge in [0.2, 0.25) is 11.8 Å². The fourth-order valence-corrected chi connectivity index (χ4v) is 8.46. The molecule has 0 radical (unpaired) electrons. The SMILES string of the molecule is O=C(CCOCCOCCOCCOCCn1cc(COCCOCCNc2c(NCCCCCCO[C@]3(C(=O)O)C[C@H](O)[C@@H](NC(=O)CO)[C@H]([C@H](O)[C@H](O)CNC(=O)c4cccc(Cl)c4)O3)c(=O)c2=O)nn1)NCCN1C(=O)C=CC1=O. The zero-order valence-corrected chi connectivity index (χ0v) is 46.5. The summed E-state index contributed by atoms with van der Waals surface area (Å²) in [5, 5.41) is 74.3. The molecule has 0 aliphatic carbocycles. The number of aliphatic hydroxyl groups is 4. The summed E-state index contributed by atoms with van der Waals surface area (Å²) < 4.78 is 46.2. The van der Waals surface area contributed by atoms with E-state index in [4.69, 9.17) is 49.5 Å². The van der Waals surface area contributed by atoms with Crippen molar-refractivity contribution in [2.75, 3.05) is 129 Å². The Hall–Kier alpha value is -6.39. The maximum Gasteiger partial charge on any atom is 0.364 e. The van der Waals surface area contributed by atoms with E-state index >= 15 is 0 Å². The maximum absolute atomic E-state index is 12.6. The quantitative estimate of drug-likeness (QED) is 0.0155. The average molecular weight is 1200 g/mol. The number of hydrogen-bond donors (Lipinski definition) is 10. The lowest BCUT2D eigenvalue weighted by atomic mass is 9.88. The Balaban J connectivity index is 0.845. The van der Waals surface area contributed by atoms with Crippen molar-refractivity contribution < 1.29 is 92.2 Å². The Morgan fingerprint density at radius 1 is 0.747 bits per heavy atom. The minimum absolute atomic E-state index is 0.111. The fraction of sp³-hybridized carbons (Fsp3) is 0.615. The summed E-state index contributed by atoms with van der Waals surface area (Å²) in [4.78, 5) is 97.9. The van der Waals surface area contributed by atoms with Crippen LogP contribution < -0.4 is 37.4 Å². The van der Waals surface area contributed by atoms with Gasteiger partial charge < -0.3 is 90.0 Å². The summed E-state index contributed by atoms with van der Waals surface area (Å²) in [7, 11) is 0. The molecule has 0 unspecified atom stereocenters. The van der Waals surface area contributed by atoms with Gasteiger partial charge in [-0.05, 0) is 31.0 Å². The molecule has 0 spiro atoms. The molecular weight excluding hydrogens is 1120 g/mol. The lowest BCUT2D eigenvalue weighted by Crippen LogP contribution is -2.68. The molecule has 83 heavy (non-hydrogen) atoms. The van der Waals surface area contributed by atoms with Crippen molar-refractivity contribution in [2.45, 2.75) is 87.9 Å². The van der Waals surface area contributed by atoms with Crippen molar-refractivity contribution in [1.82, 2.24) is 35.8 Å². The third-order valence-electron chi connectivity index (χ3n) is 12.6. The lowest BCUT2D eigenvalue weighted by Gasteiger charge is -2.46. The first kappa shape index (κ1) is 67.4. The number of halogens is 1. The van der Waals surface area contributed by atoms with Gasteiger partial charge in [-0.2, -0.15) is 0 Å². The summed E-state index contributed by atoms with van der Waals surface area (Å²) in [6.07, 6.45) is -1.75. The number of hydrogen-bond acceptors (Lipinski definition) is 24. The van der Waals surface area contributed by atoms with E-state index in [-0.39, 0.29) is 93.6 Å². The molecule has 1 aromatic heterocycles. The number of rotatable bonds is 44. The van der Waals surface area contributed by atoms with Gasteiger partial charge in [0.05, 0.1) is 117 Å². The van der Waals surface area contributed by atoms with Gasteiger partial charge in [0.1, 0.15) is 35.9 Å². The Bertz CT molecular complexity index is 2620. The van der Waals surface area contributed by atoms with E-state index in [1.165, 1.54) is 30.4 Å². The number of aromatic nitrogens is 3. The van der Waals surface area contributed by atoms with Crippen LogP contribution in [0.3, 0.4) is 0 Å². The fourth-order valence-electron chi connectivity index (χ4n) is 8.27. The summed E-state index contributed by atoms with van der Waals surface area (Å²) in [6.45, 7) is 3.25. The monoisotopic (exact) mass is 1200 g/mol. The van der Waals surface area contributed by atoms with Crippen LogP contribution in [0.1, 0.15) is 54.6 Å². The van der Waals surface area contributed by atoms with E-state index in [1.54, 1.807) is 16.9 Å². The van der Waals surface area contributed by atoms with E-state index in [9.17, 15) is 63.9 Å². The number of ether oxygens (including phenoxy) is 8. The molecule has 460 valence electrons. The first-order valence-electron chi connectivity index (χ1n) is 27.0. The summed E-state index contributed by atoms with van der Waals surface area (Å²) in [5.41, 5.74) is -0.220. The molecule has 5 rings (SSSR count). The van der Waals surface area contributed by atoms with Crippen LogP contribution >= 0.6 is 11.6 Å². The van der Waals surface area contributed by atoms with E-state index in [0.717, 1.165) is 4.90 Å². The smallest absolute Gasteiger partial charge is 0.364 e. The van der Waals surface area contributed by atoms with Crippen molar-refractivity contribution in [1.29, 1.82) is 0 Å². The van der Waals surface area contributed by atoms with Gasteiger partial charge >= 0.3 is 5.97 Å². The van der Waals surface area contributed by atoms with Crippen molar-refractivity contribution in [3.05, 3.63) is 79.3 Å². The summed E-state index contributed by atoms with van der Waals surface area (Å²) >= 11 is 5.95. The summed E-state index contributed by atoms with van der Waals surface area (Å²) in [5.74, 6) is -6.85.